The first kappa shape index (κ1) is 11.3. The SMILES string of the molecule is C=COCC1(Cc2ccccc2)CCCC1. The highest BCUT2D eigenvalue weighted by molar-refractivity contribution is 5.17. The standard InChI is InChI=1S/C15H20O/c1-2-16-13-15(10-6-7-11-15)12-14-8-4-3-5-9-14/h2-5,8-9H,1,6-7,10-13H2. The average Bonchev–Trinajstić information content (AvgIpc) is 2.77. The molecule has 0 atom stereocenters. The molecule has 2 rings (SSSR count). The van der Waals surface area contributed by atoms with E-state index in [9.17, 15) is 0 Å². The van der Waals surface area contributed by atoms with Gasteiger partial charge in [0, 0.05) is 5.41 Å². The fourth-order valence-electron chi connectivity index (χ4n) is 2.76. The largest absolute Gasteiger partial charge is 0.501 e. The predicted octanol–water partition coefficient (Wildman–Crippen LogP) is 3.95. The number of ether oxygens (including phenoxy) is 1. The van der Waals surface area contributed by atoms with Crippen molar-refractivity contribution >= 4 is 0 Å². The van der Waals surface area contributed by atoms with Gasteiger partial charge in [-0.05, 0) is 24.8 Å². The first-order chi connectivity index (χ1) is 7.85. The van der Waals surface area contributed by atoms with Crippen LogP contribution in [0, 0.1) is 5.41 Å². The normalized spacial score (nSPS) is 18.2. The smallest absolute Gasteiger partial charge is 0.0932 e. The van der Waals surface area contributed by atoms with Crippen LogP contribution in [-0.2, 0) is 11.2 Å². The minimum Gasteiger partial charge on any atom is -0.501 e. The van der Waals surface area contributed by atoms with Gasteiger partial charge in [-0.2, -0.15) is 0 Å². The Hall–Kier alpha value is -1.24. The van der Waals surface area contributed by atoms with Gasteiger partial charge in [-0.25, -0.2) is 0 Å². The first-order valence-electron chi connectivity index (χ1n) is 6.11. The van der Waals surface area contributed by atoms with Crippen LogP contribution in [0.2, 0.25) is 0 Å². The average molecular weight is 216 g/mol. The van der Waals surface area contributed by atoms with E-state index in [-0.39, 0.29) is 0 Å². The summed E-state index contributed by atoms with van der Waals surface area (Å²) in [5, 5.41) is 0. The van der Waals surface area contributed by atoms with Gasteiger partial charge in [0.05, 0.1) is 12.9 Å². The van der Waals surface area contributed by atoms with Crippen LogP contribution in [0.3, 0.4) is 0 Å². The molecule has 0 aliphatic heterocycles. The molecule has 0 amide bonds. The van der Waals surface area contributed by atoms with Gasteiger partial charge in [0.15, 0.2) is 0 Å². The molecule has 0 aromatic heterocycles. The van der Waals surface area contributed by atoms with E-state index in [1.54, 1.807) is 6.26 Å². The van der Waals surface area contributed by atoms with Gasteiger partial charge in [0.1, 0.15) is 0 Å². The summed E-state index contributed by atoms with van der Waals surface area (Å²) in [6, 6.07) is 10.7. The van der Waals surface area contributed by atoms with E-state index in [1.807, 2.05) is 0 Å². The number of hydrogen-bond acceptors (Lipinski definition) is 1. The molecule has 1 nitrogen and oxygen atoms in total. The molecule has 1 saturated carbocycles. The summed E-state index contributed by atoms with van der Waals surface area (Å²) in [4.78, 5) is 0. The highest BCUT2D eigenvalue weighted by atomic mass is 16.5. The molecule has 0 saturated heterocycles. The summed E-state index contributed by atoms with van der Waals surface area (Å²) in [5.74, 6) is 0. The third-order valence-electron chi connectivity index (χ3n) is 3.59. The lowest BCUT2D eigenvalue weighted by Gasteiger charge is -2.28. The molecule has 0 bridgehead atoms. The number of hydrogen-bond donors (Lipinski definition) is 0. The Morgan fingerprint density at radius 2 is 1.88 bits per heavy atom. The van der Waals surface area contributed by atoms with Crippen molar-refractivity contribution in [3.8, 4) is 0 Å². The molecule has 1 aliphatic rings. The van der Waals surface area contributed by atoms with Gasteiger partial charge in [0.2, 0.25) is 0 Å². The zero-order chi connectivity index (χ0) is 11.3. The fraction of sp³-hybridized carbons (Fsp3) is 0.467. The third-order valence-corrected chi connectivity index (χ3v) is 3.59. The van der Waals surface area contributed by atoms with Gasteiger partial charge in [-0.1, -0.05) is 49.8 Å². The Labute approximate surface area is 98.1 Å². The van der Waals surface area contributed by atoms with E-state index in [1.165, 1.54) is 31.2 Å². The second-order valence-electron chi connectivity index (χ2n) is 4.85. The van der Waals surface area contributed by atoms with Crippen molar-refractivity contribution in [1.29, 1.82) is 0 Å². The van der Waals surface area contributed by atoms with Crippen molar-refractivity contribution in [2.45, 2.75) is 32.1 Å². The maximum atomic E-state index is 5.46. The quantitative estimate of drug-likeness (QED) is 0.677. The Bertz CT molecular complexity index is 323. The van der Waals surface area contributed by atoms with Crippen LogP contribution >= 0.6 is 0 Å². The fourth-order valence-corrected chi connectivity index (χ4v) is 2.76. The Morgan fingerprint density at radius 1 is 1.19 bits per heavy atom. The molecule has 1 heteroatoms. The van der Waals surface area contributed by atoms with Crippen LogP contribution in [0.15, 0.2) is 43.2 Å². The summed E-state index contributed by atoms with van der Waals surface area (Å²) in [5.41, 5.74) is 1.78. The van der Waals surface area contributed by atoms with Crippen LogP contribution in [0.5, 0.6) is 0 Å². The molecule has 1 aromatic carbocycles. The molecule has 1 aliphatic carbocycles. The van der Waals surface area contributed by atoms with Crippen LogP contribution in [0.25, 0.3) is 0 Å². The van der Waals surface area contributed by atoms with Crippen molar-refractivity contribution in [2.24, 2.45) is 5.41 Å². The monoisotopic (exact) mass is 216 g/mol. The Morgan fingerprint density at radius 3 is 2.50 bits per heavy atom. The molecular formula is C15H20O. The number of rotatable bonds is 5. The van der Waals surface area contributed by atoms with Gasteiger partial charge in [-0.15, -0.1) is 0 Å². The highest BCUT2D eigenvalue weighted by Gasteiger charge is 2.34. The van der Waals surface area contributed by atoms with E-state index >= 15 is 0 Å². The van der Waals surface area contributed by atoms with Gasteiger partial charge < -0.3 is 4.74 Å². The zero-order valence-corrected chi connectivity index (χ0v) is 9.82. The molecule has 0 N–H and O–H groups in total. The van der Waals surface area contributed by atoms with Gasteiger partial charge in [-0.3, -0.25) is 0 Å². The van der Waals surface area contributed by atoms with Crippen molar-refractivity contribution in [2.75, 3.05) is 6.61 Å². The summed E-state index contributed by atoms with van der Waals surface area (Å²) in [6.07, 6.45) is 7.97. The molecule has 0 unspecified atom stereocenters. The van der Waals surface area contributed by atoms with E-state index in [4.69, 9.17) is 4.74 Å². The maximum absolute atomic E-state index is 5.46. The zero-order valence-electron chi connectivity index (χ0n) is 9.82. The molecule has 1 aromatic rings. The predicted molar refractivity (Wildman–Crippen MR) is 67.2 cm³/mol. The van der Waals surface area contributed by atoms with Crippen LogP contribution < -0.4 is 0 Å². The van der Waals surface area contributed by atoms with Crippen LogP contribution in [0.4, 0.5) is 0 Å². The third kappa shape index (κ3) is 2.66. The molecular weight excluding hydrogens is 196 g/mol. The summed E-state index contributed by atoms with van der Waals surface area (Å²) >= 11 is 0. The molecule has 0 heterocycles. The minimum absolute atomic E-state index is 0.357. The summed E-state index contributed by atoms with van der Waals surface area (Å²) in [7, 11) is 0. The van der Waals surface area contributed by atoms with Crippen molar-refractivity contribution in [3.05, 3.63) is 48.7 Å². The van der Waals surface area contributed by atoms with E-state index in [0.717, 1.165) is 13.0 Å². The minimum atomic E-state index is 0.357. The lowest BCUT2D eigenvalue weighted by atomic mass is 9.81. The van der Waals surface area contributed by atoms with E-state index in [2.05, 4.69) is 36.9 Å². The maximum Gasteiger partial charge on any atom is 0.0932 e. The molecule has 0 radical (unpaired) electrons. The Balaban J connectivity index is 2.05. The van der Waals surface area contributed by atoms with Crippen LogP contribution in [-0.4, -0.2) is 6.61 Å². The summed E-state index contributed by atoms with van der Waals surface area (Å²) < 4.78 is 5.46. The van der Waals surface area contributed by atoms with E-state index < -0.39 is 0 Å². The second kappa shape index (κ2) is 5.20. The Kier molecular flexibility index (Phi) is 3.66. The topological polar surface area (TPSA) is 9.23 Å². The van der Waals surface area contributed by atoms with Crippen molar-refractivity contribution in [1.82, 2.24) is 0 Å². The second-order valence-corrected chi connectivity index (χ2v) is 4.85. The van der Waals surface area contributed by atoms with Crippen molar-refractivity contribution in [3.63, 3.8) is 0 Å². The van der Waals surface area contributed by atoms with Crippen molar-refractivity contribution < 1.29 is 4.74 Å². The molecule has 86 valence electrons. The molecule has 16 heavy (non-hydrogen) atoms. The number of benzene rings is 1. The lowest BCUT2D eigenvalue weighted by Crippen LogP contribution is -2.25. The van der Waals surface area contributed by atoms with Gasteiger partial charge >= 0.3 is 0 Å². The van der Waals surface area contributed by atoms with Crippen LogP contribution in [0.1, 0.15) is 31.2 Å². The summed E-state index contributed by atoms with van der Waals surface area (Å²) in [6.45, 7) is 4.46. The highest BCUT2D eigenvalue weighted by Crippen LogP contribution is 2.41. The van der Waals surface area contributed by atoms with Gasteiger partial charge in [0.25, 0.3) is 0 Å². The van der Waals surface area contributed by atoms with E-state index in [0.29, 0.717) is 5.41 Å². The first-order valence-corrected chi connectivity index (χ1v) is 6.11. The molecule has 1 fully saturated rings. The molecule has 0 spiro atoms. The lowest BCUT2D eigenvalue weighted by molar-refractivity contribution is 0.112.